The SMILES string of the molecule is COCCOc1cccc(NCC(=O)Nc2cccc(C)c2)c1. The van der Waals surface area contributed by atoms with Crippen LogP contribution in [0, 0.1) is 6.92 Å². The van der Waals surface area contributed by atoms with Crippen molar-refractivity contribution in [2.45, 2.75) is 6.92 Å². The molecule has 1 amide bonds. The number of nitrogens with one attached hydrogen (secondary N) is 2. The number of anilines is 2. The van der Waals surface area contributed by atoms with Gasteiger partial charge < -0.3 is 20.1 Å². The molecule has 0 spiro atoms. The maximum Gasteiger partial charge on any atom is 0.243 e. The van der Waals surface area contributed by atoms with E-state index >= 15 is 0 Å². The Morgan fingerprint density at radius 1 is 1.04 bits per heavy atom. The molecule has 0 aliphatic carbocycles. The average molecular weight is 314 g/mol. The molecular formula is C18H22N2O3. The van der Waals surface area contributed by atoms with Crippen LogP contribution in [0.25, 0.3) is 0 Å². The van der Waals surface area contributed by atoms with Gasteiger partial charge in [0.2, 0.25) is 5.91 Å². The Morgan fingerprint density at radius 2 is 1.83 bits per heavy atom. The molecule has 0 aliphatic heterocycles. The number of amides is 1. The van der Waals surface area contributed by atoms with Crippen molar-refractivity contribution in [3.63, 3.8) is 0 Å². The zero-order chi connectivity index (χ0) is 16.5. The highest BCUT2D eigenvalue weighted by Gasteiger charge is 2.03. The molecule has 2 aromatic carbocycles. The fourth-order valence-corrected chi connectivity index (χ4v) is 2.05. The summed E-state index contributed by atoms with van der Waals surface area (Å²) in [5.41, 5.74) is 2.74. The molecule has 0 aliphatic rings. The van der Waals surface area contributed by atoms with Crippen LogP contribution in [0.1, 0.15) is 5.56 Å². The molecule has 0 heterocycles. The largest absolute Gasteiger partial charge is 0.491 e. The summed E-state index contributed by atoms with van der Waals surface area (Å²) in [7, 11) is 1.63. The van der Waals surface area contributed by atoms with Gasteiger partial charge in [-0.2, -0.15) is 0 Å². The van der Waals surface area contributed by atoms with E-state index in [1.54, 1.807) is 7.11 Å². The summed E-state index contributed by atoms with van der Waals surface area (Å²) in [5.74, 6) is 0.646. The van der Waals surface area contributed by atoms with Gasteiger partial charge in [0.15, 0.2) is 0 Å². The normalized spacial score (nSPS) is 10.2. The lowest BCUT2D eigenvalue weighted by molar-refractivity contribution is -0.114. The summed E-state index contributed by atoms with van der Waals surface area (Å²) < 4.78 is 10.5. The second-order valence-electron chi connectivity index (χ2n) is 5.14. The minimum atomic E-state index is -0.0960. The Labute approximate surface area is 136 Å². The van der Waals surface area contributed by atoms with Gasteiger partial charge in [0.25, 0.3) is 0 Å². The smallest absolute Gasteiger partial charge is 0.243 e. The number of carbonyl (C=O) groups is 1. The number of ether oxygens (including phenoxy) is 2. The molecule has 0 saturated heterocycles. The number of rotatable bonds is 8. The first kappa shape index (κ1) is 16.8. The number of aryl methyl sites for hydroxylation is 1. The van der Waals surface area contributed by atoms with E-state index < -0.39 is 0 Å². The Hall–Kier alpha value is -2.53. The van der Waals surface area contributed by atoms with Gasteiger partial charge in [-0.05, 0) is 36.8 Å². The van der Waals surface area contributed by atoms with E-state index in [1.165, 1.54) is 0 Å². The van der Waals surface area contributed by atoms with Crippen LogP contribution < -0.4 is 15.4 Å². The zero-order valence-corrected chi connectivity index (χ0v) is 13.5. The average Bonchev–Trinajstić information content (AvgIpc) is 2.54. The van der Waals surface area contributed by atoms with Gasteiger partial charge in [0.1, 0.15) is 12.4 Å². The van der Waals surface area contributed by atoms with Gasteiger partial charge in [-0.1, -0.05) is 18.2 Å². The first-order valence-electron chi connectivity index (χ1n) is 7.49. The summed E-state index contributed by atoms with van der Waals surface area (Å²) in [6.45, 7) is 3.21. The van der Waals surface area contributed by atoms with Gasteiger partial charge in [0.05, 0.1) is 13.2 Å². The minimum absolute atomic E-state index is 0.0960. The van der Waals surface area contributed by atoms with Crippen molar-refractivity contribution in [3.05, 3.63) is 54.1 Å². The highest BCUT2D eigenvalue weighted by Crippen LogP contribution is 2.17. The Bertz CT molecular complexity index is 644. The van der Waals surface area contributed by atoms with Gasteiger partial charge >= 0.3 is 0 Å². The van der Waals surface area contributed by atoms with Crippen molar-refractivity contribution in [2.75, 3.05) is 37.5 Å². The summed E-state index contributed by atoms with van der Waals surface area (Å²) in [6, 6.07) is 15.2. The van der Waals surface area contributed by atoms with E-state index in [1.807, 2.05) is 55.5 Å². The third-order valence-corrected chi connectivity index (χ3v) is 3.15. The fourth-order valence-electron chi connectivity index (χ4n) is 2.05. The first-order chi connectivity index (χ1) is 11.2. The van der Waals surface area contributed by atoms with Crippen LogP contribution in [0.5, 0.6) is 5.75 Å². The van der Waals surface area contributed by atoms with Crippen molar-refractivity contribution in [2.24, 2.45) is 0 Å². The Balaban J connectivity index is 1.83. The molecule has 5 heteroatoms. The van der Waals surface area contributed by atoms with Crippen LogP contribution in [0.3, 0.4) is 0 Å². The van der Waals surface area contributed by atoms with Crippen molar-refractivity contribution in [1.82, 2.24) is 0 Å². The van der Waals surface area contributed by atoms with E-state index in [0.717, 1.165) is 22.7 Å². The molecule has 0 saturated carbocycles. The third kappa shape index (κ3) is 6.00. The lowest BCUT2D eigenvalue weighted by Gasteiger charge is -2.10. The highest BCUT2D eigenvalue weighted by molar-refractivity contribution is 5.93. The van der Waals surface area contributed by atoms with Crippen LogP contribution in [0.2, 0.25) is 0 Å². The van der Waals surface area contributed by atoms with Crippen LogP contribution in [0.4, 0.5) is 11.4 Å². The maximum absolute atomic E-state index is 12.0. The molecule has 2 N–H and O–H groups in total. The summed E-state index contributed by atoms with van der Waals surface area (Å²) >= 11 is 0. The van der Waals surface area contributed by atoms with E-state index in [4.69, 9.17) is 9.47 Å². The molecule has 2 aromatic rings. The second kappa shape index (κ2) is 8.80. The van der Waals surface area contributed by atoms with Crippen LogP contribution >= 0.6 is 0 Å². The predicted octanol–water partition coefficient (Wildman–Crippen LogP) is 3.07. The summed E-state index contributed by atoms with van der Waals surface area (Å²) in [4.78, 5) is 12.0. The van der Waals surface area contributed by atoms with Crippen molar-refractivity contribution in [3.8, 4) is 5.75 Å². The summed E-state index contributed by atoms with van der Waals surface area (Å²) in [6.07, 6.45) is 0. The van der Waals surface area contributed by atoms with E-state index in [9.17, 15) is 4.79 Å². The first-order valence-corrected chi connectivity index (χ1v) is 7.49. The van der Waals surface area contributed by atoms with Crippen LogP contribution in [-0.2, 0) is 9.53 Å². The number of benzene rings is 2. The predicted molar refractivity (Wildman–Crippen MR) is 92.1 cm³/mol. The molecule has 0 radical (unpaired) electrons. The molecule has 0 aromatic heterocycles. The molecule has 5 nitrogen and oxygen atoms in total. The van der Waals surface area contributed by atoms with E-state index in [-0.39, 0.29) is 12.5 Å². The number of carbonyl (C=O) groups excluding carboxylic acids is 1. The number of methoxy groups -OCH3 is 1. The fraction of sp³-hybridized carbons (Fsp3) is 0.278. The van der Waals surface area contributed by atoms with Crippen molar-refractivity contribution >= 4 is 17.3 Å². The van der Waals surface area contributed by atoms with Crippen LogP contribution in [0.15, 0.2) is 48.5 Å². The quantitative estimate of drug-likeness (QED) is 0.735. The lowest BCUT2D eigenvalue weighted by Crippen LogP contribution is -2.21. The zero-order valence-electron chi connectivity index (χ0n) is 13.5. The van der Waals surface area contributed by atoms with Gasteiger partial charge in [0, 0.05) is 24.6 Å². The van der Waals surface area contributed by atoms with Crippen LogP contribution in [-0.4, -0.2) is 32.8 Å². The Kier molecular flexibility index (Phi) is 6.44. The Morgan fingerprint density at radius 3 is 2.61 bits per heavy atom. The van der Waals surface area contributed by atoms with Crippen molar-refractivity contribution < 1.29 is 14.3 Å². The molecule has 0 fully saturated rings. The second-order valence-corrected chi connectivity index (χ2v) is 5.14. The van der Waals surface area contributed by atoms with Gasteiger partial charge in [-0.25, -0.2) is 0 Å². The molecule has 23 heavy (non-hydrogen) atoms. The molecular weight excluding hydrogens is 292 g/mol. The highest BCUT2D eigenvalue weighted by atomic mass is 16.5. The molecule has 0 atom stereocenters. The number of hydrogen-bond acceptors (Lipinski definition) is 4. The standard InChI is InChI=1S/C18H22N2O3/c1-14-5-3-7-16(11-14)20-18(21)13-19-15-6-4-8-17(12-15)23-10-9-22-2/h3-8,11-12,19H,9-10,13H2,1-2H3,(H,20,21). The monoisotopic (exact) mass is 314 g/mol. The third-order valence-electron chi connectivity index (χ3n) is 3.15. The van der Waals surface area contributed by atoms with E-state index in [0.29, 0.717) is 13.2 Å². The van der Waals surface area contributed by atoms with E-state index in [2.05, 4.69) is 10.6 Å². The van der Waals surface area contributed by atoms with Crippen molar-refractivity contribution in [1.29, 1.82) is 0 Å². The minimum Gasteiger partial charge on any atom is -0.491 e. The molecule has 122 valence electrons. The molecule has 0 unspecified atom stereocenters. The topological polar surface area (TPSA) is 59.6 Å². The molecule has 2 rings (SSSR count). The molecule has 0 bridgehead atoms. The number of hydrogen-bond donors (Lipinski definition) is 2. The lowest BCUT2D eigenvalue weighted by atomic mass is 10.2. The summed E-state index contributed by atoms with van der Waals surface area (Å²) in [5, 5.41) is 5.95. The maximum atomic E-state index is 12.0. The van der Waals surface area contributed by atoms with Gasteiger partial charge in [-0.15, -0.1) is 0 Å². The van der Waals surface area contributed by atoms with Gasteiger partial charge in [-0.3, -0.25) is 4.79 Å².